The predicted molar refractivity (Wildman–Crippen MR) is 82.0 cm³/mol. The normalized spacial score (nSPS) is 10.0. The molecule has 0 radical (unpaired) electrons. The largest absolute Gasteiger partial charge is 0.492 e. The number of ether oxygens (including phenoxy) is 1. The van der Waals surface area contributed by atoms with Gasteiger partial charge in [0.1, 0.15) is 17.9 Å². The fraction of sp³-hybridized carbons (Fsp3) is 0.188. The standard InChI is InChI=1S/C16H16N2O4/c1-17(11-12-22-13-7-3-2-4-8-13)16(19)14-9-5-6-10-15(14)18(20)21/h2-10H,11-12H2,1H3. The molecule has 1 amide bonds. The van der Waals surface area contributed by atoms with Gasteiger partial charge in [0, 0.05) is 13.1 Å². The van der Waals surface area contributed by atoms with Gasteiger partial charge in [0.05, 0.1) is 11.5 Å². The molecule has 0 saturated heterocycles. The number of hydrogen-bond acceptors (Lipinski definition) is 4. The molecular formula is C16H16N2O4. The van der Waals surface area contributed by atoms with E-state index in [1.54, 1.807) is 13.1 Å². The Hall–Kier alpha value is -2.89. The van der Waals surface area contributed by atoms with E-state index in [2.05, 4.69) is 0 Å². The summed E-state index contributed by atoms with van der Waals surface area (Å²) < 4.78 is 5.51. The Morgan fingerprint density at radius 1 is 1.14 bits per heavy atom. The minimum Gasteiger partial charge on any atom is -0.492 e. The molecule has 0 aliphatic heterocycles. The summed E-state index contributed by atoms with van der Waals surface area (Å²) in [6, 6.07) is 15.2. The number of benzene rings is 2. The van der Waals surface area contributed by atoms with E-state index in [1.165, 1.54) is 23.1 Å². The van der Waals surface area contributed by atoms with Crippen LogP contribution in [0.2, 0.25) is 0 Å². The molecule has 6 nitrogen and oxygen atoms in total. The van der Waals surface area contributed by atoms with Crippen molar-refractivity contribution >= 4 is 11.6 Å². The van der Waals surface area contributed by atoms with Crippen LogP contribution in [-0.4, -0.2) is 35.9 Å². The molecule has 0 unspecified atom stereocenters. The lowest BCUT2D eigenvalue weighted by Crippen LogP contribution is -2.31. The molecule has 0 fully saturated rings. The number of hydrogen-bond donors (Lipinski definition) is 0. The van der Waals surface area contributed by atoms with E-state index in [1.807, 2.05) is 30.3 Å². The summed E-state index contributed by atoms with van der Waals surface area (Å²) in [7, 11) is 1.59. The molecular weight excluding hydrogens is 284 g/mol. The van der Waals surface area contributed by atoms with Crippen molar-refractivity contribution in [2.45, 2.75) is 0 Å². The van der Waals surface area contributed by atoms with E-state index in [4.69, 9.17) is 4.74 Å². The maximum absolute atomic E-state index is 12.3. The van der Waals surface area contributed by atoms with Crippen LogP contribution >= 0.6 is 0 Å². The van der Waals surface area contributed by atoms with Gasteiger partial charge in [0.25, 0.3) is 11.6 Å². The van der Waals surface area contributed by atoms with Crippen molar-refractivity contribution in [1.29, 1.82) is 0 Å². The fourth-order valence-electron chi connectivity index (χ4n) is 1.94. The number of likely N-dealkylation sites (N-methyl/N-ethyl adjacent to an activating group) is 1. The second kappa shape index (κ2) is 7.21. The summed E-state index contributed by atoms with van der Waals surface area (Å²) in [6.45, 7) is 0.645. The lowest BCUT2D eigenvalue weighted by atomic mass is 10.1. The minimum absolute atomic E-state index is 0.0784. The number of nitro benzene ring substituents is 1. The monoisotopic (exact) mass is 300 g/mol. The SMILES string of the molecule is CN(CCOc1ccccc1)C(=O)c1ccccc1[N+](=O)[O-]. The van der Waals surface area contributed by atoms with Gasteiger partial charge >= 0.3 is 0 Å². The van der Waals surface area contributed by atoms with Gasteiger partial charge in [-0.15, -0.1) is 0 Å². The average molecular weight is 300 g/mol. The predicted octanol–water partition coefficient (Wildman–Crippen LogP) is 2.75. The fourth-order valence-corrected chi connectivity index (χ4v) is 1.94. The van der Waals surface area contributed by atoms with Crippen LogP contribution in [0, 0.1) is 10.1 Å². The summed E-state index contributed by atoms with van der Waals surface area (Å²) in [5.41, 5.74) is -0.113. The number of rotatable bonds is 6. The highest BCUT2D eigenvalue weighted by atomic mass is 16.6. The third-order valence-corrected chi connectivity index (χ3v) is 3.12. The number of nitro groups is 1. The number of amides is 1. The van der Waals surface area contributed by atoms with Crippen molar-refractivity contribution in [3.63, 3.8) is 0 Å². The van der Waals surface area contributed by atoms with Crippen LogP contribution in [0.15, 0.2) is 54.6 Å². The first-order valence-electron chi connectivity index (χ1n) is 6.76. The first kappa shape index (κ1) is 15.5. The van der Waals surface area contributed by atoms with Crippen LogP contribution in [0.4, 0.5) is 5.69 Å². The topological polar surface area (TPSA) is 72.7 Å². The molecule has 6 heteroatoms. The van der Waals surface area contributed by atoms with Gasteiger partial charge in [0.15, 0.2) is 0 Å². The second-order valence-corrected chi connectivity index (χ2v) is 4.66. The molecule has 0 saturated carbocycles. The minimum atomic E-state index is -0.554. The summed E-state index contributed by atoms with van der Waals surface area (Å²) in [6.07, 6.45) is 0. The van der Waals surface area contributed by atoms with Crippen LogP contribution in [0.1, 0.15) is 10.4 Å². The van der Waals surface area contributed by atoms with Crippen molar-refractivity contribution in [2.24, 2.45) is 0 Å². The highest BCUT2D eigenvalue weighted by Gasteiger charge is 2.21. The van der Waals surface area contributed by atoms with Gasteiger partial charge in [0.2, 0.25) is 0 Å². The first-order chi connectivity index (χ1) is 10.6. The Bertz CT molecular complexity index is 658. The molecule has 0 aliphatic carbocycles. The van der Waals surface area contributed by atoms with Crippen molar-refractivity contribution < 1.29 is 14.5 Å². The lowest BCUT2D eigenvalue weighted by Gasteiger charge is -2.17. The van der Waals surface area contributed by atoms with Crippen LogP contribution in [-0.2, 0) is 0 Å². The summed E-state index contributed by atoms with van der Waals surface area (Å²) in [4.78, 5) is 24.1. The Balaban J connectivity index is 1.96. The van der Waals surface area contributed by atoms with E-state index in [0.29, 0.717) is 18.9 Å². The van der Waals surface area contributed by atoms with Crippen molar-refractivity contribution in [2.75, 3.05) is 20.2 Å². The van der Waals surface area contributed by atoms with E-state index < -0.39 is 10.8 Å². The van der Waals surface area contributed by atoms with E-state index >= 15 is 0 Å². The zero-order valence-corrected chi connectivity index (χ0v) is 12.1. The molecule has 2 aromatic rings. The Kier molecular flexibility index (Phi) is 5.08. The smallest absolute Gasteiger partial charge is 0.282 e. The van der Waals surface area contributed by atoms with Gasteiger partial charge in [-0.3, -0.25) is 14.9 Å². The molecule has 2 aromatic carbocycles. The molecule has 114 valence electrons. The highest BCUT2D eigenvalue weighted by Crippen LogP contribution is 2.19. The van der Waals surface area contributed by atoms with Crippen molar-refractivity contribution in [1.82, 2.24) is 4.90 Å². The van der Waals surface area contributed by atoms with E-state index in [9.17, 15) is 14.9 Å². The van der Waals surface area contributed by atoms with E-state index in [0.717, 1.165) is 0 Å². The quantitative estimate of drug-likeness (QED) is 0.607. The molecule has 0 aromatic heterocycles. The van der Waals surface area contributed by atoms with Crippen LogP contribution in [0.25, 0.3) is 0 Å². The molecule has 0 atom stereocenters. The Morgan fingerprint density at radius 2 is 1.77 bits per heavy atom. The zero-order valence-electron chi connectivity index (χ0n) is 12.1. The Morgan fingerprint density at radius 3 is 2.45 bits per heavy atom. The number of para-hydroxylation sites is 2. The van der Waals surface area contributed by atoms with Crippen molar-refractivity contribution in [3.8, 4) is 5.75 Å². The van der Waals surface area contributed by atoms with Crippen molar-refractivity contribution in [3.05, 3.63) is 70.3 Å². The molecule has 0 aliphatic rings. The first-order valence-corrected chi connectivity index (χ1v) is 6.76. The van der Waals surface area contributed by atoms with Crippen LogP contribution < -0.4 is 4.74 Å². The number of carbonyl (C=O) groups is 1. The zero-order chi connectivity index (χ0) is 15.9. The van der Waals surface area contributed by atoms with Crippen LogP contribution in [0.5, 0.6) is 5.75 Å². The lowest BCUT2D eigenvalue weighted by molar-refractivity contribution is -0.385. The third kappa shape index (κ3) is 3.82. The summed E-state index contributed by atoms with van der Waals surface area (Å²) >= 11 is 0. The van der Waals surface area contributed by atoms with Gasteiger partial charge in [-0.2, -0.15) is 0 Å². The third-order valence-electron chi connectivity index (χ3n) is 3.12. The second-order valence-electron chi connectivity index (χ2n) is 4.66. The molecule has 0 bridgehead atoms. The molecule has 0 spiro atoms. The van der Waals surface area contributed by atoms with Gasteiger partial charge in [-0.1, -0.05) is 30.3 Å². The Labute approximate surface area is 128 Å². The maximum Gasteiger partial charge on any atom is 0.282 e. The average Bonchev–Trinajstić information content (AvgIpc) is 2.55. The van der Waals surface area contributed by atoms with Gasteiger partial charge in [-0.25, -0.2) is 0 Å². The number of nitrogens with zero attached hydrogens (tertiary/aromatic N) is 2. The van der Waals surface area contributed by atoms with Crippen LogP contribution in [0.3, 0.4) is 0 Å². The highest BCUT2D eigenvalue weighted by molar-refractivity contribution is 5.97. The summed E-state index contributed by atoms with van der Waals surface area (Å²) in [5, 5.41) is 11.0. The summed E-state index contributed by atoms with van der Waals surface area (Å²) in [5.74, 6) is 0.318. The van der Waals surface area contributed by atoms with E-state index in [-0.39, 0.29) is 11.3 Å². The molecule has 0 N–H and O–H groups in total. The molecule has 22 heavy (non-hydrogen) atoms. The number of carbonyl (C=O) groups excluding carboxylic acids is 1. The maximum atomic E-state index is 12.3. The van der Waals surface area contributed by atoms with Gasteiger partial charge in [-0.05, 0) is 18.2 Å². The molecule has 2 rings (SSSR count). The van der Waals surface area contributed by atoms with Gasteiger partial charge < -0.3 is 9.64 Å². The molecule has 0 heterocycles.